The third-order valence-electron chi connectivity index (χ3n) is 3.34. The van der Waals surface area contributed by atoms with E-state index >= 15 is 0 Å². The Morgan fingerprint density at radius 1 is 1.00 bits per heavy atom. The van der Waals surface area contributed by atoms with Gasteiger partial charge in [-0.3, -0.25) is 9.59 Å². The van der Waals surface area contributed by atoms with Crippen molar-refractivity contribution in [3.05, 3.63) is 77.0 Å². The molecule has 25 heavy (non-hydrogen) atoms. The van der Waals surface area contributed by atoms with Gasteiger partial charge in [0.25, 0.3) is 11.8 Å². The number of amides is 2. The van der Waals surface area contributed by atoms with Crippen molar-refractivity contribution in [2.24, 2.45) is 0 Å². The summed E-state index contributed by atoms with van der Waals surface area (Å²) in [6.07, 6.45) is 1.40. The van der Waals surface area contributed by atoms with E-state index in [1.807, 2.05) is 0 Å². The first kappa shape index (κ1) is 16.7. The molecule has 0 spiro atoms. The minimum atomic E-state index is -0.367. The minimum absolute atomic E-state index is 0.222. The van der Waals surface area contributed by atoms with E-state index < -0.39 is 0 Å². The lowest BCUT2D eigenvalue weighted by atomic mass is 10.2. The fraction of sp³-hybridized carbons (Fsp3) is 0.0556. The molecule has 0 bridgehead atoms. The van der Waals surface area contributed by atoms with Crippen LogP contribution in [0.15, 0.2) is 59.2 Å². The molecule has 1 aromatic carbocycles. The zero-order valence-electron chi connectivity index (χ0n) is 13.2. The number of halogens is 1. The monoisotopic (exact) mass is 355 g/mol. The van der Waals surface area contributed by atoms with Crippen LogP contribution in [-0.4, -0.2) is 16.8 Å². The minimum Gasteiger partial charge on any atom is -0.469 e. The molecular weight excluding hydrogens is 342 g/mol. The molecule has 2 heterocycles. The number of aromatic nitrogens is 1. The molecule has 3 aromatic rings. The fourth-order valence-electron chi connectivity index (χ4n) is 2.13. The number of rotatable bonds is 4. The van der Waals surface area contributed by atoms with Crippen LogP contribution in [0.25, 0.3) is 0 Å². The van der Waals surface area contributed by atoms with Crippen molar-refractivity contribution in [3.8, 4) is 0 Å². The van der Waals surface area contributed by atoms with Crippen LogP contribution in [0.3, 0.4) is 0 Å². The number of furan rings is 1. The van der Waals surface area contributed by atoms with Crippen LogP contribution in [-0.2, 0) is 0 Å². The van der Waals surface area contributed by atoms with Crippen LogP contribution in [0, 0.1) is 6.92 Å². The molecule has 0 saturated heterocycles. The number of aryl methyl sites for hydroxylation is 1. The van der Waals surface area contributed by atoms with Gasteiger partial charge >= 0.3 is 0 Å². The van der Waals surface area contributed by atoms with Gasteiger partial charge < -0.3 is 15.1 Å². The molecule has 7 heteroatoms. The maximum absolute atomic E-state index is 12.1. The molecule has 0 aliphatic heterocycles. The molecule has 126 valence electrons. The Morgan fingerprint density at radius 3 is 2.20 bits per heavy atom. The lowest BCUT2D eigenvalue weighted by molar-refractivity contribution is 0.101. The quantitative estimate of drug-likeness (QED) is 0.689. The number of nitrogens with zero attached hydrogens (tertiary/aromatic N) is 1. The fourth-order valence-corrected chi connectivity index (χ4v) is 2.30. The molecule has 3 rings (SSSR count). The van der Waals surface area contributed by atoms with Crippen LogP contribution in [0.2, 0.25) is 5.15 Å². The first-order valence-corrected chi connectivity index (χ1v) is 7.79. The highest BCUT2D eigenvalue weighted by molar-refractivity contribution is 6.29. The predicted octanol–water partition coefficient (Wildman–Crippen LogP) is 4.14. The van der Waals surface area contributed by atoms with Gasteiger partial charge in [-0.1, -0.05) is 17.7 Å². The molecule has 0 radical (unpaired) electrons. The van der Waals surface area contributed by atoms with E-state index in [1.165, 1.54) is 6.26 Å². The Labute approximate surface area is 148 Å². The summed E-state index contributed by atoms with van der Waals surface area (Å²) in [4.78, 5) is 28.1. The molecule has 6 nitrogen and oxygen atoms in total. The zero-order valence-corrected chi connectivity index (χ0v) is 14.0. The van der Waals surface area contributed by atoms with Crippen molar-refractivity contribution in [2.75, 3.05) is 10.6 Å². The van der Waals surface area contributed by atoms with Crippen LogP contribution in [0.5, 0.6) is 0 Å². The molecular formula is C18H14ClN3O3. The first-order chi connectivity index (χ1) is 12.0. The SMILES string of the molecule is Cc1cc(C(=O)Nc2ccc(NC(=O)c3cccc(Cl)n3)cc2)co1. The average Bonchev–Trinajstić information content (AvgIpc) is 3.03. The molecule has 0 unspecified atom stereocenters. The molecule has 2 N–H and O–H groups in total. The number of carbonyl (C=O) groups excluding carboxylic acids is 2. The van der Waals surface area contributed by atoms with E-state index in [4.69, 9.17) is 16.0 Å². The second-order valence-corrected chi connectivity index (χ2v) is 5.66. The molecule has 0 saturated carbocycles. The van der Waals surface area contributed by atoms with Gasteiger partial charge in [0.1, 0.15) is 22.9 Å². The van der Waals surface area contributed by atoms with Crippen LogP contribution in [0.1, 0.15) is 26.6 Å². The Bertz CT molecular complexity index is 919. The lowest BCUT2D eigenvalue weighted by Gasteiger charge is -2.07. The molecule has 0 atom stereocenters. The van der Waals surface area contributed by atoms with Crippen molar-refractivity contribution in [3.63, 3.8) is 0 Å². The summed E-state index contributed by atoms with van der Waals surface area (Å²) in [5, 5.41) is 5.71. The Morgan fingerprint density at radius 2 is 1.64 bits per heavy atom. The maximum Gasteiger partial charge on any atom is 0.274 e. The maximum atomic E-state index is 12.1. The highest BCUT2D eigenvalue weighted by atomic mass is 35.5. The summed E-state index contributed by atoms with van der Waals surface area (Å²) < 4.78 is 5.11. The van der Waals surface area contributed by atoms with Gasteiger partial charge in [0, 0.05) is 11.4 Å². The number of carbonyl (C=O) groups is 2. The van der Waals surface area contributed by atoms with Crippen LogP contribution < -0.4 is 10.6 Å². The van der Waals surface area contributed by atoms with Gasteiger partial charge in [-0.05, 0) is 49.4 Å². The highest BCUT2D eigenvalue weighted by Crippen LogP contribution is 2.16. The van der Waals surface area contributed by atoms with E-state index in [2.05, 4.69) is 15.6 Å². The van der Waals surface area contributed by atoms with E-state index in [-0.39, 0.29) is 22.7 Å². The van der Waals surface area contributed by atoms with Crippen molar-refractivity contribution in [2.45, 2.75) is 6.92 Å². The van der Waals surface area contributed by atoms with Crippen LogP contribution in [0.4, 0.5) is 11.4 Å². The second-order valence-electron chi connectivity index (χ2n) is 5.28. The number of hydrogen-bond acceptors (Lipinski definition) is 4. The third-order valence-corrected chi connectivity index (χ3v) is 3.55. The summed E-state index contributed by atoms with van der Waals surface area (Å²) in [6.45, 7) is 1.77. The summed E-state index contributed by atoms with van der Waals surface area (Å²) >= 11 is 5.78. The number of nitrogens with one attached hydrogen (secondary N) is 2. The van der Waals surface area contributed by atoms with Crippen molar-refractivity contribution in [1.29, 1.82) is 0 Å². The third kappa shape index (κ3) is 4.24. The summed E-state index contributed by atoms with van der Waals surface area (Å²) in [5.74, 6) is 0.0303. The van der Waals surface area contributed by atoms with E-state index in [1.54, 1.807) is 55.5 Å². The van der Waals surface area contributed by atoms with Gasteiger partial charge in [-0.15, -0.1) is 0 Å². The van der Waals surface area contributed by atoms with Crippen LogP contribution >= 0.6 is 11.6 Å². The normalized spacial score (nSPS) is 10.3. The largest absolute Gasteiger partial charge is 0.469 e. The number of hydrogen-bond donors (Lipinski definition) is 2. The van der Waals surface area contributed by atoms with Crippen molar-refractivity contribution in [1.82, 2.24) is 4.98 Å². The molecule has 0 aliphatic carbocycles. The van der Waals surface area contributed by atoms with E-state index in [0.29, 0.717) is 22.7 Å². The first-order valence-electron chi connectivity index (χ1n) is 7.42. The number of pyridine rings is 1. The van der Waals surface area contributed by atoms with Gasteiger partial charge in [0.15, 0.2) is 0 Å². The Balaban J connectivity index is 1.64. The van der Waals surface area contributed by atoms with Crippen molar-refractivity contribution >= 4 is 34.8 Å². The Kier molecular flexibility index (Phi) is 4.81. The van der Waals surface area contributed by atoms with Gasteiger partial charge in [0.05, 0.1) is 5.56 Å². The smallest absolute Gasteiger partial charge is 0.274 e. The van der Waals surface area contributed by atoms with Gasteiger partial charge in [0.2, 0.25) is 0 Å². The number of benzene rings is 1. The second kappa shape index (κ2) is 7.19. The molecule has 0 aliphatic rings. The summed E-state index contributed by atoms with van der Waals surface area (Å²) in [7, 11) is 0. The van der Waals surface area contributed by atoms with Crippen molar-refractivity contribution < 1.29 is 14.0 Å². The molecule has 0 fully saturated rings. The molecule has 2 aromatic heterocycles. The lowest BCUT2D eigenvalue weighted by Crippen LogP contribution is -2.14. The average molecular weight is 356 g/mol. The summed E-state index contributed by atoms with van der Waals surface area (Å²) in [6, 6.07) is 13.2. The topological polar surface area (TPSA) is 84.2 Å². The standard InChI is InChI=1S/C18H14ClN3O3/c1-11-9-12(10-25-11)17(23)20-13-5-7-14(8-6-13)21-18(24)15-3-2-4-16(19)22-15/h2-10H,1H3,(H,20,23)(H,21,24). The zero-order chi connectivity index (χ0) is 17.8. The number of anilines is 2. The predicted molar refractivity (Wildman–Crippen MR) is 95.0 cm³/mol. The molecule has 2 amide bonds. The van der Waals surface area contributed by atoms with Gasteiger partial charge in [-0.25, -0.2) is 4.98 Å². The van der Waals surface area contributed by atoms with Gasteiger partial charge in [-0.2, -0.15) is 0 Å². The van der Waals surface area contributed by atoms with E-state index in [9.17, 15) is 9.59 Å². The Hall–Kier alpha value is -3.12. The highest BCUT2D eigenvalue weighted by Gasteiger charge is 2.10. The van der Waals surface area contributed by atoms with E-state index in [0.717, 1.165) is 0 Å². The summed E-state index contributed by atoms with van der Waals surface area (Å²) in [5.41, 5.74) is 1.84.